The van der Waals surface area contributed by atoms with E-state index in [1.165, 1.54) is 12.1 Å². The van der Waals surface area contributed by atoms with Gasteiger partial charge >= 0.3 is 0 Å². The summed E-state index contributed by atoms with van der Waals surface area (Å²) in [7, 11) is 0. The van der Waals surface area contributed by atoms with Crippen molar-refractivity contribution in [3.8, 4) is 11.5 Å². The highest BCUT2D eigenvalue weighted by atomic mass is 79.9. The van der Waals surface area contributed by atoms with Crippen molar-refractivity contribution in [1.29, 1.82) is 0 Å². The second-order valence-corrected chi connectivity index (χ2v) is 7.19. The maximum absolute atomic E-state index is 10.8. The molecule has 0 saturated carbocycles. The zero-order valence-corrected chi connectivity index (χ0v) is 15.0. The second-order valence-electron chi connectivity index (χ2n) is 5.63. The molecule has 2 aromatic carbocycles. The van der Waals surface area contributed by atoms with Crippen LogP contribution in [0.5, 0.6) is 11.5 Å². The maximum Gasteiger partial charge on any atom is 0.269 e. The van der Waals surface area contributed by atoms with Gasteiger partial charge < -0.3 is 15.3 Å². The fourth-order valence-corrected chi connectivity index (χ4v) is 3.07. The van der Waals surface area contributed by atoms with Crippen LogP contribution in [0.25, 0.3) is 0 Å². The Morgan fingerprint density at radius 3 is 2.52 bits per heavy atom. The summed E-state index contributed by atoms with van der Waals surface area (Å²) in [5.41, 5.74) is 3.05. The highest BCUT2D eigenvalue weighted by Gasteiger charge is 2.21. The number of nitro groups is 1. The zero-order chi connectivity index (χ0) is 18.0. The van der Waals surface area contributed by atoms with Crippen molar-refractivity contribution in [2.75, 3.05) is 6.79 Å². The lowest BCUT2D eigenvalue weighted by Gasteiger charge is -2.14. The van der Waals surface area contributed by atoms with Gasteiger partial charge in [0, 0.05) is 28.1 Å². The summed E-state index contributed by atoms with van der Waals surface area (Å²) < 4.78 is 10.9. The number of nitrogens with zero attached hydrogens (tertiary/aromatic N) is 2. The molecule has 1 atom stereocenters. The Hall–Kier alpha value is -2.61. The maximum atomic E-state index is 10.8. The van der Waals surface area contributed by atoms with Crippen LogP contribution in [0.15, 0.2) is 41.5 Å². The van der Waals surface area contributed by atoms with Gasteiger partial charge in [0.15, 0.2) is 11.5 Å². The fraction of sp³-hybridized carbons (Fsp3) is 0.235. The number of alkyl halides is 1. The third-order valence-corrected chi connectivity index (χ3v) is 4.16. The number of non-ortho nitro benzene ring substituents is 1. The van der Waals surface area contributed by atoms with Gasteiger partial charge in [-0.3, -0.25) is 10.1 Å². The van der Waals surface area contributed by atoms with Crippen molar-refractivity contribution < 1.29 is 14.4 Å². The molecule has 1 aliphatic heterocycles. The van der Waals surface area contributed by atoms with Gasteiger partial charge in [-0.05, 0) is 36.2 Å². The molecule has 1 unspecified atom stereocenters. The highest BCUT2D eigenvalue weighted by molar-refractivity contribution is 9.09. The number of hydrogen-bond donors (Lipinski definition) is 1. The first-order chi connectivity index (χ1) is 12.0. The second kappa shape index (κ2) is 7.10. The van der Waals surface area contributed by atoms with Gasteiger partial charge in [0.25, 0.3) is 5.69 Å². The molecule has 25 heavy (non-hydrogen) atoms. The summed E-state index contributed by atoms with van der Waals surface area (Å²) in [6.45, 7) is 2.22. The summed E-state index contributed by atoms with van der Waals surface area (Å²) in [5, 5.41) is 14.8. The molecule has 2 aromatic rings. The minimum absolute atomic E-state index is 0.0140. The first kappa shape index (κ1) is 17.2. The lowest BCUT2D eigenvalue weighted by molar-refractivity contribution is -0.384. The van der Waals surface area contributed by atoms with Crippen LogP contribution in [0.2, 0.25) is 0 Å². The molecular weight excluding hydrogens is 390 g/mol. The van der Waals surface area contributed by atoms with Crippen LogP contribution >= 0.6 is 15.9 Å². The van der Waals surface area contributed by atoms with Gasteiger partial charge in [-0.25, -0.2) is 0 Å². The van der Waals surface area contributed by atoms with Crippen LogP contribution in [0.4, 0.5) is 5.69 Å². The molecule has 0 radical (unpaired) electrons. The zero-order valence-electron chi connectivity index (χ0n) is 13.4. The summed E-state index contributed by atoms with van der Waals surface area (Å²) in [5.74, 6) is 6.97. The average Bonchev–Trinajstić information content (AvgIpc) is 3.03. The van der Waals surface area contributed by atoms with Gasteiger partial charge in [-0.15, -0.1) is 0 Å². The molecule has 1 aliphatic rings. The number of hydrazone groups is 1. The van der Waals surface area contributed by atoms with E-state index in [0.717, 1.165) is 17.5 Å². The molecule has 0 aliphatic carbocycles. The summed E-state index contributed by atoms with van der Waals surface area (Å²) >= 11 is 3.56. The molecular formula is C17H16BrN3O4. The Morgan fingerprint density at radius 2 is 1.96 bits per heavy atom. The van der Waals surface area contributed by atoms with E-state index in [1.807, 2.05) is 19.1 Å². The van der Waals surface area contributed by atoms with Crippen molar-refractivity contribution in [2.45, 2.75) is 18.2 Å². The summed E-state index contributed by atoms with van der Waals surface area (Å²) in [6.07, 6.45) is 0.734. The lowest BCUT2D eigenvalue weighted by Crippen LogP contribution is -2.12. The van der Waals surface area contributed by atoms with E-state index < -0.39 is 4.92 Å². The van der Waals surface area contributed by atoms with E-state index in [2.05, 4.69) is 21.0 Å². The summed E-state index contributed by atoms with van der Waals surface area (Å²) in [4.78, 5) is 10.6. The Labute approximate surface area is 152 Å². The van der Waals surface area contributed by atoms with Crippen molar-refractivity contribution in [1.82, 2.24) is 0 Å². The molecule has 1 heterocycles. The minimum atomic E-state index is -0.443. The highest BCUT2D eigenvalue weighted by Crippen LogP contribution is 2.36. The Kier molecular flexibility index (Phi) is 4.89. The third kappa shape index (κ3) is 3.58. The van der Waals surface area contributed by atoms with Crippen LogP contribution in [0.1, 0.15) is 23.6 Å². The number of ether oxygens (including phenoxy) is 2. The molecule has 8 heteroatoms. The number of halogens is 1. The Balaban J connectivity index is 2.07. The first-order valence-electron chi connectivity index (χ1n) is 7.59. The molecule has 0 fully saturated rings. The van der Waals surface area contributed by atoms with E-state index in [9.17, 15) is 10.1 Å². The minimum Gasteiger partial charge on any atom is -0.454 e. The molecule has 130 valence electrons. The molecule has 0 spiro atoms. The molecule has 0 aromatic heterocycles. The number of nitro benzene ring substituents is 1. The predicted molar refractivity (Wildman–Crippen MR) is 97.6 cm³/mol. The van der Waals surface area contributed by atoms with Crippen molar-refractivity contribution in [3.63, 3.8) is 0 Å². The van der Waals surface area contributed by atoms with Crippen LogP contribution in [0.3, 0.4) is 0 Å². The van der Waals surface area contributed by atoms with Crippen molar-refractivity contribution in [2.24, 2.45) is 10.9 Å². The summed E-state index contributed by atoms with van der Waals surface area (Å²) in [6, 6.07) is 9.90. The molecule has 0 bridgehead atoms. The lowest BCUT2D eigenvalue weighted by atomic mass is 9.94. The van der Waals surface area contributed by atoms with Gasteiger partial charge in [0.05, 0.1) is 10.6 Å². The van der Waals surface area contributed by atoms with Crippen LogP contribution < -0.4 is 15.3 Å². The van der Waals surface area contributed by atoms with E-state index in [0.29, 0.717) is 22.8 Å². The topological polar surface area (TPSA) is 100.0 Å². The molecule has 0 saturated heterocycles. The number of hydrogen-bond acceptors (Lipinski definition) is 6. The van der Waals surface area contributed by atoms with Gasteiger partial charge in [0.1, 0.15) is 0 Å². The quantitative estimate of drug-likeness (QED) is 0.270. The molecule has 2 N–H and O–H groups in total. The van der Waals surface area contributed by atoms with E-state index in [-0.39, 0.29) is 17.3 Å². The molecule has 3 rings (SSSR count). The van der Waals surface area contributed by atoms with Gasteiger partial charge in [-0.1, -0.05) is 22.9 Å². The number of fused-ring (bicyclic) bond motifs is 1. The average molecular weight is 406 g/mol. The monoisotopic (exact) mass is 405 g/mol. The smallest absolute Gasteiger partial charge is 0.269 e. The van der Waals surface area contributed by atoms with Gasteiger partial charge in [-0.2, -0.15) is 5.10 Å². The number of nitrogens with two attached hydrogens (primary N) is 1. The van der Waals surface area contributed by atoms with Crippen molar-refractivity contribution >= 4 is 27.3 Å². The Bertz CT molecular complexity index is 835. The van der Waals surface area contributed by atoms with Crippen LogP contribution in [0, 0.1) is 10.1 Å². The van der Waals surface area contributed by atoms with Crippen LogP contribution in [-0.2, 0) is 6.42 Å². The standard InChI is InChI=1S/C17H16BrN3O4/c1-10(18)6-12-7-15-16(25-9-24-15)8-14(12)17(20-19)11-2-4-13(5-3-11)21(22)23/h2-5,7-8,10H,6,9,19H2,1H3. The molecule has 0 amide bonds. The van der Waals surface area contributed by atoms with E-state index >= 15 is 0 Å². The number of benzene rings is 2. The number of rotatable bonds is 5. The van der Waals surface area contributed by atoms with E-state index in [1.54, 1.807) is 12.1 Å². The van der Waals surface area contributed by atoms with Gasteiger partial charge in [0.2, 0.25) is 6.79 Å². The largest absolute Gasteiger partial charge is 0.454 e. The third-order valence-electron chi connectivity index (χ3n) is 3.84. The molecule has 7 nitrogen and oxygen atoms in total. The normalized spacial score (nSPS) is 14.4. The van der Waals surface area contributed by atoms with E-state index in [4.69, 9.17) is 15.3 Å². The first-order valence-corrected chi connectivity index (χ1v) is 8.51. The van der Waals surface area contributed by atoms with Crippen molar-refractivity contribution in [3.05, 3.63) is 63.2 Å². The van der Waals surface area contributed by atoms with Crippen LogP contribution in [-0.4, -0.2) is 22.3 Å². The fourth-order valence-electron chi connectivity index (χ4n) is 2.72. The Morgan fingerprint density at radius 1 is 1.32 bits per heavy atom. The SMILES string of the molecule is CC(Br)Cc1cc2c(cc1C(=NN)c1ccc([N+](=O)[O-])cc1)OCO2. The predicted octanol–water partition coefficient (Wildman–Crippen LogP) is 3.36.